The first-order valence-electron chi connectivity index (χ1n) is 7.94. The van der Waals surface area contributed by atoms with Crippen LogP contribution < -0.4 is 5.32 Å². The second-order valence-corrected chi connectivity index (χ2v) is 7.42. The summed E-state index contributed by atoms with van der Waals surface area (Å²) >= 11 is 0. The lowest BCUT2D eigenvalue weighted by molar-refractivity contribution is -0.142. The summed E-state index contributed by atoms with van der Waals surface area (Å²) in [5.41, 5.74) is 0.429. The van der Waals surface area contributed by atoms with E-state index in [1.54, 1.807) is 18.2 Å². The Kier molecular flexibility index (Phi) is 5.78. The highest BCUT2D eigenvalue weighted by atomic mass is 32.2. The Balaban J connectivity index is 2.08. The van der Waals surface area contributed by atoms with Crippen molar-refractivity contribution in [2.45, 2.75) is 37.1 Å². The van der Waals surface area contributed by atoms with E-state index in [9.17, 15) is 18.0 Å². The Hall–Kier alpha value is -2.42. The maximum absolute atomic E-state index is 12.1. The predicted octanol–water partition coefficient (Wildman–Crippen LogP) is 0.827. The first kappa shape index (κ1) is 18.9. The number of likely N-dealkylation sites (N-methyl/N-ethyl adjacent to an activating group) is 1. The van der Waals surface area contributed by atoms with Crippen LogP contribution in [-0.4, -0.2) is 55.8 Å². The number of carboxylic acid groups (broad SMARTS) is 1. The molecule has 0 saturated carbocycles. The third-order valence-electron chi connectivity index (χ3n) is 3.83. The lowest BCUT2D eigenvalue weighted by Crippen LogP contribution is -2.46. The number of carboxylic acids is 1. The summed E-state index contributed by atoms with van der Waals surface area (Å²) in [4.78, 5) is 24.8. The third-order valence-corrected chi connectivity index (χ3v) is 5.16. The van der Waals surface area contributed by atoms with Gasteiger partial charge in [-0.25, -0.2) is 4.79 Å². The van der Waals surface area contributed by atoms with Gasteiger partial charge in [-0.2, -0.15) is 8.42 Å². The molecule has 1 aromatic rings. The van der Waals surface area contributed by atoms with Crippen LogP contribution >= 0.6 is 0 Å². The Labute approximate surface area is 146 Å². The summed E-state index contributed by atoms with van der Waals surface area (Å²) in [5, 5.41) is 11.6. The van der Waals surface area contributed by atoms with Crippen molar-refractivity contribution in [1.82, 2.24) is 10.2 Å². The number of aliphatic carboxylic acids is 1. The van der Waals surface area contributed by atoms with Gasteiger partial charge in [-0.3, -0.25) is 4.79 Å². The highest BCUT2D eigenvalue weighted by molar-refractivity contribution is 7.90. The topological polar surface area (TPSA) is 116 Å². The first-order chi connectivity index (χ1) is 11.8. The number of fused-ring (bicyclic) bond motifs is 1. The molecule has 0 spiro atoms. The molecule has 25 heavy (non-hydrogen) atoms. The number of hydrogen-bond acceptors (Lipinski definition) is 5. The van der Waals surface area contributed by atoms with E-state index in [2.05, 4.69) is 9.71 Å². The molecule has 1 unspecified atom stereocenters. The van der Waals surface area contributed by atoms with Crippen LogP contribution in [0.5, 0.6) is 0 Å². The normalized spacial score (nSPS) is 15.8. The number of unbranched alkanes of at least 4 members (excludes halogenated alkanes) is 1. The Morgan fingerprint density at radius 2 is 2.00 bits per heavy atom. The van der Waals surface area contributed by atoms with E-state index < -0.39 is 27.9 Å². The van der Waals surface area contributed by atoms with E-state index in [0.717, 1.165) is 6.42 Å². The molecule has 9 heteroatoms. The molecule has 0 aromatic heterocycles. The molecule has 1 aliphatic heterocycles. The largest absolute Gasteiger partial charge is 0.480 e. The van der Waals surface area contributed by atoms with Gasteiger partial charge in [0.1, 0.15) is 10.9 Å². The van der Waals surface area contributed by atoms with Crippen LogP contribution in [0.4, 0.5) is 0 Å². The van der Waals surface area contributed by atoms with E-state index >= 15 is 0 Å². The number of rotatable bonds is 7. The summed E-state index contributed by atoms with van der Waals surface area (Å²) < 4.78 is 27.8. The molecule has 0 bridgehead atoms. The standard InChI is InChI=1S/C16H21N3O5S/c1-3-4-8-12(16(21)22)17-14(20)10-19(2)15-11-7-5-6-9-13(11)25(23,24)18-15/h5-7,9,12H,3-4,8,10H2,1-2H3,(H,17,20)(H,21,22). The van der Waals surface area contributed by atoms with Crippen molar-refractivity contribution in [3.05, 3.63) is 29.8 Å². The minimum Gasteiger partial charge on any atom is -0.480 e. The van der Waals surface area contributed by atoms with Crippen molar-refractivity contribution in [3.63, 3.8) is 0 Å². The number of carbonyl (C=O) groups is 2. The molecule has 2 rings (SSSR count). The first-order valence-corrected chi connectivity index (χ1v) is 9.38. The molecule has 0 radical (unpaired) electrons. The second-order valence-electron chi connectivity index (χ2n) is 5.84. The van der Waals surface area contributed by atoms with Gasteiger partial charge in [0.25, 0.3) is 10.0 Å². The number of benzene rings is 1. The zero-order valence-corrected chi connectivity index (χ0v) is 14.9. The maximum Gasteiger partial charge on any atom is 0.326 e. The van der Waals surface area contributed by atoms with Crippen molar-refractivity contribution in [3.8, 4) is 0 Å². The number of carbonyl (C=O) groups excluding carboxylic acids is 1. The summed E-state index contributed by atoms with van der Waals surface area (Å²) in [6, 6.07) is 5.41. The number of nitrogens with one attached hydrogen (secondary N) is 1. The average molecular weight is 367 g/mol. The van der Waals surface area contributed by atoms with E-state index in [0.29, 0.717) is 18.4 Å². The van der Waals surface area contributed by atoms with Crippen LogP contribution in [0.2, 0.25) is 0 Å². The van der Waals surface area contributed by atoms with Crippen molar-refractivity contribution in [1.29, 1.82) is 0 Å². The fourth-order valence-corrected chi connectivity index (χ4v) is 3.81. The van der Waals surface area contributed by atoms with Crippen LogP contribution in [0.3, 0.4) is 0 Å². The van der Waals surface area contributed by atoms with Crippen molar-refractivity contribution < 1.29 is 23.1 Å². The van der Waals surface area contributed by atoms with Crippen LogP contribution in [0.25, 0.3) is 0 Å². The zero-order chi connectivity index (χ0) is 18.6. The maximum atomic E-state index is 12.1. The quantitative estimate of drug-likeness (QED) is 0.737. The van der Waals surface area contributed by atoms with Crippen LogP contribution in [-0.2, 0) is 19.6 Å². The minimum absolute atomic E-state index is 0.101. The molecular weight excluding hydrogens is 346 g/mol. The molecular formula is C16H21N3O5S. The van der Waals surface area contributed by atoms with Gasteiger partial charge < -0.3 is 15.3 Å². The van der Waals surface area contributed by atoms with Gasteiger partial charge in [0, 0.05) is 12.6 Å². The van der Waals surface area contributed by atoms with Gasteiger partial charge in [0.05, 0.1) is 6.54 Å². The van der Waals surface area contributed by atoms with Gasteiger partial charge in [0.2, 0.25) is 5.91 Å². The highest BCUT2D eigenvalue weighted by Crippen LogP contribution is 2.26. The summed E-state index contributed by atoms with van der Waals surface area (Å²) in [7, 11) is -2.22. The number of amides is 1. The van der Waals surface area contributed by atoms with Crippen molar-refractivity contribution in [2.75, 3.05) is 13.6 Å². The number of sulfonamides is 1. The molecule has 1 aromatic carbocycles. The summed E-state index contributed by atoms with van der Waals surface area (Å²) in [6.45, 7) is 1.74. The lowest BCUT2D eigenvalue weighted by Gasteiger charge is -2.20. The van der Waals surface area contributed by atoms with E-state index in [1.165, 1.54) is 18.0 Å². The van der Waals surface area contributed by atoms with Crippen molar-refractivity contribution in [2.24, 2.45) is 4.40 Å². The molecule has 0 fully saturated rings. The molecule has 0 aliphatic carbocycles. The van der Waals surface area contributed by atoms with Gasteiger partial charge in [0.15, 0.2) is 5.84 Å². The molecule has 0 saturated heterocycles. The monoisotopic (exact) mass is 367 g/mol. The molecule has 8 nitrogen and oxygen atoms in total. The molecule has 1 aliphatic rings. The fourth-order valence-electron chi connectivity index (χ4n) is 2.56. The fraction of sp³-hybridized carbons (Fsp3) is 0.438. The van der Waals surface area contributed by atoms with Gasteiger partial charge in [-0.1, -0.05) is 31.9 Å². The number of amidine groups is 1. The smallest absolute Gasteiger partial charge is 0.326 e. The Bertz CT molecular complexity index is 804. The lowest BCUT2D eigenvalue weighted by atomic mass is 10.1. The van der Waals surface area contributed by atoms with E-state index in [1.807, 2.05) is 6.92 Å². The molecule has 1 atom stereocenters. The van der Waals surface area contributed by atoms with E-state index in [-0.39, 0.29) is 17.3 Å². The van der Waals surface area contributed by atoms with Crippen LogP contribution in [0.15, 0.2) is 33.6 Å². The summed E-state index contributed by atoms with van der Waals surface area (Å²) in [5.74, 6) is -1.42. The number of hydrogen-bond donors (Lipinski definition) is 2. The Morgan fingerprint density at radius 1 is 1.32 bits per heavy atom. The van der Waals surface area contributed by atoms with Crippen molar-refractivity contribution >= 4 is 27.7 Å². The molecule has 1 amide bonds. The third kappa shape index (κ3) is 4.36. The zero-order valence-electron chi connectivity index (χ0n) is 14.1. The molecule has 1 heterocycles. The highest BCUT2D eigenvalue weighted by Gasteiger charge is 2.31. The van der Waals surface area contributed by atoms with Gasteiger partial charge in [-0.15, -0.1) is 4.40 Å². The van der Waals surface area contributed by atoms with Gasteiger partial charge in [-0.05, 0) is 18.6 Å². The van der Waals surface area contributed by atoms with Gasteiger partial charge >= 0.3 is 5.97 Å². The SMILES string of the molecule is CCCCC(NC(=O)CN(C)C1=NS(=O)(=O)c2ccccc21)C(=O)O. The number of nitrogens with zero attached hydrogens (tertiary/aromatic N) is 2. The molecule has 2 N–H and O–H groups in total. The second kappa shape index (κ2) is 7.64. The summed E-state index contributed by atoms with van der Waals surface area (Å²) in [6.07, 6.45) is 1.86. The Morgan fingerprint density at radius 3 is 2.64 bits per heavy atom. The van der Waals surface area contributed by atoms with Crippen LogP contribution in [0.1, 0.15) is 31.7 Å². The predicted molar refractivity (Wildman–Crippen MR) is 91.9 cm³/mol. The molecule has 136 valence electrons. The van der Waals surface area contributed by atoms with Crippen LogP contribution in [0, 0.1) is 0 Å². The average Bonchev–Trinajstić information content (AvgIpc) is 2.83. The van der Waals surface area contributed by atoms with E-state index in [4.69, 9.17) is 5.11 Å². The minimum atomic E-state index is -3.76.